The van der Waals surface area contributed by atoms with Crippen molar-refractivity contribution >= 4 is 23.4 Å². The quantitative estimate of drug-likeness (QED) is 0.524. The summed E-state index contributed by atoms with van der Waals surface area (Å²) in [6.45, 7) is 7.82. The summed E-state index contributed by atoms with van der Waals surface area (Å²) in [4.78, 5) is 22.9. The van der Waals surface area contributed by atoms with Gasteiger partial charge in [-0.3, -0.25) is 9.59 Å². The van der Waals surface area contributed by atoms with Crippen LogP contribution < -0.4 is 0 Å². The van der Waals surface area contributed by atoms with E-state index in [0.717, 1.165) is 6.42 Å². The second-order valence-electron chi connectivity index (χ2n) is 9.91. The van der Waals surface area contributed by atoms with Crippen LogP contribution in [0.15, 0.2) is 23.6 Å². The van der Waals surface area contributed by atoms with E-state index in [1.807, 2.05) is 6.92 Å². The molecule has 0 unspecified atom stereocenters. The Kier molecular flexibility index (Phi) is 4.83. The summed E-state index contributed by atoms with van der Waals surface area (Å²) in [6, 6.07) is 0. The number of ketones is 1. The molecule has 29 heavy (non-hydrogen) atoms. The number of allylic oxidation sites excluding steroid dienone is 4. The number of aliphatic hydroxyl groups excluding tert-OH is 1. The maximum atomic E-state index is 14.7. The van der Waals surface area contributed by atoms with Crippen LogP contribution >= 0.6 is 11.6 Å². The van der Waals surface area contributed by atoms with Crippen LogP contribution in [0.3, 0.4) is 0 Å². The number of ether oxygens (including phenoxy) is 1. The largest absolute Gasteiger partial charge is 0.461 e. The molecule has 0 heterocycles. The fraction of sp³-hybridized carbons (Fsp3) is 0.739. The predicted molar refractivity (Wildman–Crippen MR) is 108 cm³/mol. The number of esters is 1. The van der Waals surface area contributed by atoms with E-state index in [1.54, 1.807) is 13.0 Å². The lowest BCUT2D eigenvalue weighted by Gasteiger charge is -2.63. The highest BCUT2D eigenvalue weighted by Gasteiger charge is 2.70. The van der Waals surface area contributed by atoms with Gasteiger partial charge in [-0.05, 0) is 55.1 Å². The molecular formula is C23H30ClFO4. The van der Waals surface area contributed by atoms with E-state index < -0.39 is 28.0 Å². The molecule has 3 saturated carbocycles. The summed E-state index contributed by atoms with van der Waals surface area (Å²) in [6.07, 6.45) is 4.41. The van der Waals surface area contributed by atoms with Crippen molar-refractivity contribution in [3.63, 3.8) is 0 Å². The van der Waals surface area contributed by atoms with Gasteiger partial charge in [-0.25, -0.2) is 4.39 Å². The van der Waals surface area contributed by atoms with Gasteiger partial charge in [-0.2, -0.15) is 0 Å². The molecule has 0 aromatic carbocycles. The highest BCUT2D eigenvalue weighted by Crippen LogP contribution is 2.70. The predicted octanol–water partition coefficient (Wildman–Crippen LogP) is 4.49. The van der Waals surface area contributed by atoms with E-state index in [4.69, 9.17) is 16.3 Å². The molecule has 1 N–H and O–H groups in total. The van der Waals surface area contributed by atoms with Crippen LogP contribution in [0.5, 0.6) is 0 Å². The average molecular weight is 425 g/mol. The smallest absolute Gasteiger partial charge is 0.305 e. The molecule has 0 saturated heterocycles. The van der Waals surface area contributed by atoms with Crippen LogP contribution in [0.4, 0.5) is 4.39 Å². The van der Waals surface area contributed by atoms with Crippen molar-refractivity contribution in [2.24, 2.45) is 28.6 Å². The van der Waals surface area contributed by atoms with Gasteiger partial charge in [-0.15, -0.1) is 11.6 Å². The number of rotatable bonds is 2. The Labute approximate surface area is 176 Å². The lowest BCUT2D eigenvalue weighted by molar-refractivity contribution is -0.167. The zero-order valence-corrected chi connectivity index (χ0v) is 18.3. The fourth-order valence-corrected chi connectivity index (χ4v) is 7.61. The lowest BCUT2D eigenvalue weighted by atomic mass is 9.47. The van der Waals surface area contributed by atoms with Crippen LogP contribution in [-0.4, -0.2) is 33.9 Å². The number of fused-ring (bicyclic) bond motifs is 5. The summed E-state index contributed by atoms with van der Waals surface area (Å²) in [7, 11) is 0. The van der Waals surface area contributed by atoms with Crippen molar-refractivity contribution in [2.45, 2.75) is 76.9 Å². The van der Waals surface area contributed by atoms with E-state index in [1.165, 1.54) is 6.08 Å². The molecule has 3 fully saturated rings. The van der Waals surface area contributed by atoms with Gasteiger partial charge in [0.1, 0.15) is 6.10 Å². The van der Waals surface area contributed by atoms with Gasteiger partial charge in [-0.1, -0.05) is 33.8 Å². The van der Waals surface area contributed by atoms with Crippen molar-refractivity contribution in [3.8, 4) is 0 Å². The first kappa shape index (κ1) is 21.0. The Morgan fingerprint density at radius 2 is 2.07 bits per heavy atom. The van der Waals surface area contributed by atoms with Gasteiger partial charge in [0.25, 0.3) is 0 Å². The molecule has 4 aliphatic rings. The number of carbonyl (C=O) groups excluding carboxylic acids is 2. The molecule has 6 heteroatoms. The van der Waals surface area contributed by atoms with Crippen LogP contribution in [-0.2, 0) is 14.3 Å². The Morgan fingerprint density at radius 3 is 2.72 bits per heavy atom. The second kappa shape index (κ2) is 6.65. The van der Waals surface area contributed by atoms with Gasteiger partial charge in [0.05, 0.1) is 11.0 Å². The minimum absolute atomic E-state index is 0.0647. The van der Waals surface area contributed by atoms with Crippen molar-refractivity contribution in [1.29, 1.82) is 0 Å². The molecule has 0 aliphatic heterocycles. The Morgan fingerprint density at radius 1 is 1.38 bits per heavy atom. The SMILES string of the molecule is CCC(=O)O[C@@H]1[C@H](C)C[C@H]2[C@@H]3CCC4=C(F)C(=O)C=C[C@]4(C)[C@@]3(Cl)[C@@H](O)C[C@]12C. The third-order valence-corrected chi connectivity index (χ3v) is 9.43. The third kappa shape index (κ3) is 2.59. The van der Waals surface area contributed by atoms with Gasteiger partial charge < -0.3 is 9.84 Å². The summed E-state index contributed by atoms with van der Waals surface area (Å²) in [5, 5.41) is 11.4. The number of carbonyl (C=O) groups is 2. The average Bonchev–Trinajstić information content (AvgIpc) is 2.90. The zero-order chi connectivity index (χ0) is 21.4. The van der Waals surface area contributed by atoms with Gasteiger partial charge in [0.2, 0.25) is 5.78 Å². The molecule has 0 bridgehead atoms. The minimum atomic E-state index is -1.09. The van der Waals surface area contributed by atoms with Crippen molar-refractivity contribution in [2.75, 3.05) is 0 Å². The number of halogens is 2. The number of hydrogen-bond donors (Lipinski definition) is 1. The summed E-state index contributed by atoms with van der Waals surface area (Å²) in [5.74, 6) is -1.31. The standard InChI is InChI=1S/C23H30ClFO4/c1-5-18(28)29-20-12(2)10-15-13-6-7-14-19(25)16(26)8-9-22(14,4)23(13,24)17(27)11-21(15,20)3/h8-9,12-13,15,17,20,27H,5-7,10-11H2,1-4H3/t12-,13+,15+,17+,20-,21+,22+,23+/m1/s1. The number of hydrogen-bond acceptors (Lipinski definition) is 4. The van der Waals surface area contributed by atoms with Crippen LogP contribution in [0.1, 0.15) is 59.8 Å². The molecule has 4 rings (SSSR count). The molecule has 8 atom stereocenters. The summed E-state index contributed by atoms with van der Waals surface area (Å²) >= 11 is 7.29. The van der Waals surface area contributed by atoms with Crippen LogP contribution in [0, 0.1) is 28.6 Å². The monoisotopic (exact) mass is 424 g/mol. The second-order valence-corrected chi connectivity index (χ2v) is 10.5. The van der Waals surface area contributed by atoms with Crippen LogP contribution in [0.2, 0.25) is 0 Å². The molecule has 0 amide bonds. The highest BCUT2D eigenvalue weighted by molar-refractivity contribution is 6.26. The lowest BCUT2D eigenvalue weighted by Crippen LogP contribution is -2.66. The fourth-order valence-electron chi connectivity index (χ4n) is 7.09. The molecule has 4 nitrogen and oxygen atoms in total. The highest BCUT2D eigenvalue weighted by atomic mass is 35.5. The first-order valence-corrected chi connectivity index (χ1v) is 11.1. The van der Waals surface area contributed by atoms with E-state index in [9.17, 15) is 19.1 Å². The number of aliphatic hydroxyl groups is 1. The molecule has 4 aliphatic carbocycles. The maximum Gasteiger partial charge on any atom is 0.305 e. The van der Waals surface area contributed by atoms with Crippen molar-refractivity contribution in [3.05, 3.63) is 23.6 Å². The third-order valence-electron chi connectivity index (χ3n) is 8.51. The summed E-state index contributed by atoms with van der Waals surface area (Å²) in [5.41, 5.74) is -0.881. The zero-order valence-electron chi connectivity index (χ0n) is 17.5. The first-order chi connectivity index (χ1) is 13.5. The molecule has 0 aromatic heterocycles. The normalized spacial score (nSPS) is 48.8. The molecule has 0 spiro atoms. The first-order valence-electron chi connectivity index (χ1n) is 10.7. The van der Waals surface area contributed by atoms with Gasteiger partial charge in [0.15, 0.2) is 5.83 Å². The Hall–Kier alpha value is -1.20. The topological polar surface area (TPSA) is 63.6 Å². The molecular weight excluding hydrogens is 395 g/mol. The Balaban J connectivity index is 1.77. The van der Waals surface area contributed by atoms with E-state index in [-0.39, 0.29) is 35.2 Å². The van der Waals surface area contributed by atoms with Gasteiger partial charge >= 0.3 is 5.97 Å². The van der Waals surface area contributed by atoms with Gasteiger partial charge in [0, 0.05) is 17.3 Å². The maximum absolute atomic E-state index is 14.7. The summed E-state index contributed by atoms with van der Waals surface area (Å²) < 4.78 is 20.6. The van der Waals surface area contributed by atoms with Crippen molar-refractivity contribution in [1.82, 2.24) is 0 Å². The van der Waals surface area contributed by atoms with E-state index in [2.05, 4.69) is 13.8 Å². The minimum Gasteiger partial charge on any atom is -0.461 e. The Bertz CT molecular complexity index is 822. The number of alkyl halides is 1. The molecule has 0 radical (unpaired) electrons. The van der Waals surface area contributed by atoms with Crippen molar-refractivity contribution < 1.29 is 23.8 Å². The molecule has 0 aromatic rings. The van der Waals surface area contributed by atoms with Crippen LogP contribution in [0.25, 0.3) is 0 Å². The van der Waals surface area contributed by atoms with E-state index >= 15 is 0 Å². The molecule has 160 valence electrons. The van der Waals surface area contributed by atoms with E-state index in [0.29, 0.717) is 31.3 Å².